The van der Waals surface area contributed by atoms with E-state index in [1.807, 2.05) is 51.3 Å². The topological polar surface area (TPSA) is 231 Å². The van der Waals surface area contributed by atoms with Crippen molar-refractivity contribution in [3.8, 4) is 11.5 Å². The van der Waals surface area contributed by atoms with Gasteiger partial charge in [0.15, 0.2) is 0 Å². The number of nitrogens with one attached hydrogen (secondary N) is 1. The fourth-order valence-corrected chi connectivity index (χ4v) is 16.6. The Morgan fingerprint density at radius 1 is 0.380 bits per heavy atom. The molecule has 0 aliphatic carbocycles. The van der Waals surface area contributed by atoms with Crippen molar-refractivity contribution in [1.82, 2.24) is 24.9 Å². The van der Waals surface area contributed by atoms with Crippen LogP contribution in [0.1, 0.15) is 217 Å². The maximum absolute atomic E-state index is 17.0. The molecular weight excluding hydrogens is 1890 g/mol. The lowest BCUT2D eigenvalue weighted by molar-refractivity contribution is -0.146. The molecule has 19 nitrogen and oxygen atoms in total. The van der Waals surface area contributed by atoms with E-state index in [4.69, 9.17) is 19.3 Å². The first-order valence-corrected chi connectivity index (χ1v) is 41.6. The minimum Gasteiger partial charge on any atom is -0.497 e. The molecule has 4 atom stereocenters. The highest BCUT2D eigenvalue weighted by atomic mass is 79.9. The molecule has 39 heteroatoms. The Morgan fingerprint density at radius 2 is 0.643 bits per heavy atom. The molecule has 7 aromatic carbocycles. The summed E-state index contributed by atoms with van der Waals surface area (Å²) in [6, 6.07) is 28.6. The molecular formula is C90H97Br2ClF17N5O14. The first-order valence-electron chi connectivity index (χ1n) is 40.0. The van der Waals surface area contributed by atoms with Crippen molar-refractivity contribution in [3.63, 3.8) is 0 Å². The summed E-state index contributed by atoms with van der Waals surface area (Å²) in [5.74, 6) is -7.05. The van der Waals surface area contributed by atoms with E-state index in [2.05, 4.69) is 46.7 Å². The fourth-order valence-electron chi connectivity index (χ4n) is 15.8. The summed E-state index contributed by atoms with van der Waals surface area (Å²) in [6.45, 7) is 14.9. The number of carboxylic acids is 2. The zero-order chi connectivity index (χ0) is 95.5. The fraction of sp³-hybridized carbons (Fsp3) is 0.456. The van der Waals surface area contributed by atoms with Gasteiger partial charge in [-0.2, -0.15) is 65.9 Å². The lowest BCUT2D eigenvalue weighted by atomic mass is 9.83. The molecule has 0 saturated carbocycles. The largest absolute Gasteiger partial charge is 0.497 e. The van der Waals surface area contributed by atoms with Crippen LogP contribution >= 0.6 is 44.3 Å². The van der Waals surface area contributed by atoms with E-state index in [-0.39, 0.29) is 106 Å². The number of hydrogen-bond acceptors (Lipinski definition) is 15. The van der Waals surface area contributed by atoms with Gasteiger partial charge in [-0.05, 0) is 268 Å². The molecule has 5 aliphatic heterocycles. The van der Waals surface area contributed by atoms with Gasteiger partial charge in [0, 0.05) is 84.2 Å². The summed E-state index contributed by atoms with van der Waals surface area (Å²) in [4.78, 5) is 92.0. The minimum absolute atomic E-state index is 0. The number of carbonyl (C=O) groups excluding carboxylic acids is 5. The number of aromatic carboxylic acids is 2. The quantitative estimate of drug-likeness (QED) is 0.0522. The Balaban J connectivity index is 0.000000236. The van der Waals surface area contributed by atoms with E-state index in [9.17, 15) is 105 Å². The smallest absolute Gasteiger partial charge is 0.416 e. The van der Waals surface area contributed by atoms with E-state index >= 15 is 8.78 Å². The molecule has 2 amide bonds. The molecule has 3 N–H and O–H groups in total. The van der Waals surface area contributed by atoms with Crippen molar-refractivity contribution in [2.24, 2.45) is 0 Å². The summed E-state index contributed by atoms with van der Waals surface area (Å²) in [6.07, 6.45) is -19.7. The number of rotatable bonds is 14. The van der Waals surface area contributed by atoms with Crippen LogP contribution in [0.25, 0.3) is 0 Å². The number of nitrogens with zero attached hydrogens (tertiary/aromatic N) is 4. The van der Waals surface area contributed by atoms with Gasteiger partial charge < -0.3 is 49.0 Å². The molecule has 0 aromatic heterocycles. The van der Waals surface area contributed by atoms with Crippen LogP contribution in [0.3, 0.4) is 0 Å². The van der Waals surface area contributed by atoms with Crippen molar-refractivity contribution in [2.75, 3.05) is 101 Å². The first-order chi connectivity index (χ1) is 59.4. The standard InChI is InChI=1S/C30H36F4N2O4.C29H34F4N2O4.C14H16F3NO2.C9H6BrF3O2.C8H4BrF3O2.ClH/c1-28(2,3)36-17-25(20-6-9-22(39-4)10-7-20)29(31,18-36)27(38)35-14-12-19(13-15-35)23-11-8-21(30(32,33)34)16-24(23)26(37)40-5;1-27(2,3)35-16-24(19-5-8-21(39-4)9-6-19)28(30,17-35)26(38)34-13-11-18(12-14-34)22-10-7-20(29(31,32)33)15-23(22)25(36)37;1-20-13(19)12-8-10(14(15,16)17)2-3-11(12)9-4-6-18-7-5-9;1-15-8(14)6-4-5(9(11,12)13)2-3-7(6)10;9-6-2-1-4(8(10,11)12)3-5(6)7(13)14;/h6-11,16,19,25H,12-15,17-18H2,1-5H3;5-10,15,18,24H,11-14,16-17H2,1-4H3,(H,36,37);2-3,8-9,18H,4-7H2,1H3;2-4H,1H3;1-3H,(H,13,14);1H/t25-,29-;24-,28-;;;;/m00..../s1. The monoisotopic (exact) mass is 1990 g/mol. The number of carbonyl (C=O) groups is 7. The van der Waals surface area contributed by atoms with Gasteiger partial charge in [0.2, 0.25) is 11.3 Å². The Morgan fingerprint density at radius 3 is 0.930 bits per heavy atom. The van der Waals surface area contributed by atoms with E-state index in [0.717, 1.165) is 101 Å². The molecule has 706 valence electrons. The molecule has 129 heavy (non-hydrogen) atoms. The van der Waals surface area contributed by atoms with Gasteiger partial charge in [-0.15, -0.1) is 12.4 Å². The SMILES string of the molecule is COC(=O)c1cc(C(F)(F)F)ccc1Br.COC(=O)c1cc(C(F)(F)F)ccc1C1CCN(C(=O)[C@]2(F)CN(C(C)(C)C)C[C@H]2c2ccc(OC)cc2)CC1.COC(=O)c1cc(C(F)(F)F)ccc1C1CCNCC1.COc1ccc([C@@H]2CN(C(C)(C)C)C[C@@]2(F)C(=O)N2CCC(c3ccc(C(F)(F)F)cc3C(=O)O)CC2)cc1.Cl.O=C(O)c1cc(C(F)(F)F)ccc1Br. The van der Waals surface area contributed by atoms with Crippen LogP contribution in [0.15, 0.2) is 148 Å². The van der Waals surface area contributed by atoms with Crippen molar-refractivity contribution >= 4 is 85.9 Å². The van der Waals surface area contributed by atoms with Gasteiger partial charge in [0.1, 0.15) is 11.5 Å². The van der Waals surface area contributed by atoms with Gasteiger partial charge >= 0.3 is 60.7 Å². The summed E-state index contributed by atoms with van der Waals surface area (Å²) in [7, 11) is 6.50. The Kier molecular flexibility index (Phi) is 35.6. The molecule has 5 fully saturated rings. The number of likely N-dealkylation sites (tertiary alicyclic amines) is 4. The number of piperidine rings is 3. The van der Waals surface area contributed by atoms with Gasteiger partial charge in [0.05, 0.1) is 91.2 Å². The van der Waals surface area contributed by atoms with Crippen molar-refractivity contribution in [2.45, 2.75) is 163 Å². The number of alkyl halides is 17. The summed E-state index contributed by atoms with van der Waals surface area (Å²) >= 11 is 5.82. The molecule has 0 spiro atoms. The zero-order valence-corrected chi connectivity index (χ0v) is 75.6. The Bertz CT molecular complexity index is 5090. The molecule has 0 bridgehead atoms. The van der Waals surface area contributed by atoms with Crippen LogP contribution in [0.2, 0.25) is 0 Å². The molecule has 5 saturated heterocycles. The molecule has 5 heterocycles. The van der Waals surface area contributed by atoms with Crippen LogP contribution in [-0.4, -0.2) is 195 Å². The maximum atomic E-state index is 17.0. The average molecular weight is 1990 g/mol. The third-order valence-corrected chi connectivity index (χ3v) is 24.4. The normalized spacial score (nSPS) is 19.3. The van der Waals surface area contributed by atoms with Gasteiger partial charge in [0.25, 0.3) is 11.8 Å². The number of methoxy groups -OCH3 is 5. The maximum Gasteiger partial charge on any atom is 0.416 e. The molecule has 12 rings (SSSR count). The van der Waals surface area contributed by atoms with Crippen molar-refractivity contribution in [3.05, 3.63) is 232 Å². The molecule has 5 aliphatic rings. The second-order valence-electron chi connectivity index (χ2n) is 33.0. The Hall–Kier alpha value is -9.63. The lowest BCUT2D eigenvalue weighted by Gasteiger charge is -2.38. The van der Waals surface area contributed by atoms with Crippen LogP contribution in [0.5, 0.6) is 11.5 Å². The van der Waals surface area contributed by atoms with Crippen LogP contribution < -0.4 is 14.8 Å². The first kappa shape index (κ1) is 106. The van der Waals surface area contributed by atoms with Crippen LogP contribution in [-0.2, 0) is 54.7 Å². The van der Waals surface area contributed by atoms with E-state index in [0.29, 0.717) is 90.2 Å². The third kappa shape index (κ3) is 26.6. The number of amides is 2. The molecule has 7 aromatic rings. The number of benzene rings is 7. The highest BCUT2D eigenvalue weighted by Gasteiger charge is 2.59. The number of carboxylic acid groups (broad SMARTS) is 2. The highest BCUT2D eigenvalue weighted by molar-refractivity contribution is 9.10. The van der Waals surface area contributed by atoms with Gasteiger partial charge in [-0.1, -0.05) is 42.5 Å². The summed E-state index contributed by atoms with van der Waals surface area (Å²) in [5.41, 5.74) is -7.93. The van der Waals surface area contributed by atoms with Crippen molar-refractivity contribution in [1.29, 1.82) is 0 Å². The van der Waals surface area contributed by atoms with Gasteiger partial charge in [-0.3, -0.25) is 19.4 Å². The van der Waals surface area contributed by atoms with Crippen LogP contribution in [0.4, 0.5) is 74.6 Å². The predicted octanol–water partition coefficient (Wildman–Crippen LogP) is 21.3. The predicted molar refractivity (Wildman–Crippen MR) is 452 cm³/mol. The second kappa shape index (κ2) is 43.2. The number of ether oxygens (including phenoxy) is 5. The Labute approximate surface area is 756 Å². The molecule has 0 unspecified atom stereocenters. The van der Waals surface area contributed by atoms with Gasteiger partial charge in [-0.25, -0.2) is 32.8 Å². The summed E-state index contributed by atoms with van der Waals surface area (Å²) in [5, 5.41) is 21.3. The second-order valence-corrected chi connectivity index (χ2v) is 34.7. The van der Waals surface area contributed by atoms with Crippen LogP contribution in [0, 0.1) is 0 Å². The van der Waals surface area contributed by atoms with Crippen molar-refractivity contribution < 1.29 is 142 Å². The molecule has 0 radical (unpaired) electrons. The lowest BCUT2D eigenvalue weighted by Crippen LogP contribution is -2.53. The zero-order valence-electron chi connectivity index (χ0n) is 71.7. The number of halogens is 20. The third-order valence-electron chi connectivity index (χ3n) is 23.0. The number of hydrogen-bond donors (Lipinski definition) is 3. The van der Waals surface area contributed by atoms with E-state index in [1.54, 1.807) is 62.8 Å². The minimum atomic E-state index is -4.66. The van der Waals surface area contributed by atoms with E-state index in [1.165, 1.54) is 35.1 Å². The number of esters is 3. The summed E-state index contributed by atoms with van der Waals surface area (Å²) < 4.78 is 249. The highest BCUT2D eigenvalue weighted by Crippen LogP contribution is 2.49. The van der Waals surface area contributed by atoms with E-state index < -0.39 is 135 Å². The average Bonchev–Trinajstić information content (AvgIpc) is 1.61.